The first-order chi connectivity index (χ1) is 8.91. The van der Waals surface area contributed by atoms with E-state index in [2.05, 4.69) is 15.9 Å². The molecule has 1 nitrogen and oxygen atoms in total. The molecule has 0 bridgehead atoms. The first-order valence-corrected chi connectivity index (χ1v) is 6.74. The molecule has 100 valence electrons. The van der Waals surface area contributed by atoms with Gasteiger partial charge in [-0.1, -0.05) is 23.7 Å². The van der Waals surface area contributed by atoms with E-state index in [0.717, 1.165) is 0 Å². The van der Waals surface area contributed by atoms with Gasteiger partial charge >= 0.3 is 0 Å². The van der Waals surface area contributed by atoms with Gasteiger partial charge in [0.15, 0.2) is 0 Å². The highest BCUT2D eigenvalue weighted by Gasteiger charge is 2.20. The molecule has 2 rings (SSSR count). The van der Waals surface area contributed by atoms with Gasteiger partial charge in [0, 0.05) is 10.0 Å². The Morgan fingerprint density at radius 1 is 1.21 bits per heavy atom. The number of aryl methyl sites for hydroxylation is 1. The second-order valence-electron chi connectivity index (χ2n) is 4.24. The van der Waals surface area contributed by atoms with Crippen LogP contribution >= 0.6 is 27.5 Å². The molecule has 0 radical (unpaired) electrons. The van der Waals surface area contributed by atoms with Crippen LogP contribution < -0.4 is 5.73 Å². The van der Waals surface area contributed by atoms with Crippen molar-refractivity contribution in [3.05, 3.63) is 68.2 Å². The molecule has 0 saturated carbocycles. The normalized spacial score (nSPS) is 12.5. The van der Waals surface area contributed by atoms with Crippen molar-refractivity contribution in [3.8, 4) is 0 Å². The summed E-state index contributed by atoms with van der Waals surface area (Å²) >= 11 is 9.22. The van der Waals surface area contributed by atoms with E-state index in [4.69, 9.17) is 17.3 Å². The Bertz CT molecular complexity index is 631. The first-order valence-electron chi connectivity index (χ1n) is 5.57. The van der Waals surface area contributed by atoms with Crippen LogP contribution in [0.1, 0.15) is 22.7 Å². The van der Waals surface area contributed by atoms with E-state index < -0.39 is 17.7 Å². The zero-order valence-corrected chi connectivity index (χ0v) is 12.4. The second kappa shape index (κ2) is 5.57. The number of hydrogen-bond acceptors (Lipinski definition) is 1. The van der Waals surface area contributed by atoms with Gasteiger partial charge in [-0.25, -0.2) is 8.78 Å². The SMILES string of the molecule is Cc1ccc(F)c(C(N)c2ccc(Br)c(Cl)c2)c1F. The Balaban J connectivity index is 2.52. The fraction of sp³-hybridized carbons (Fsp3) is 0.143. The van der Waals surface area contributed by atoms with Crippen molar-refractivity contribution in [2.75, 3.05) is 0 Å². The average Bonchev–Trinajstić information content (AvgIpc) is 2.37. The van der Waals surface area contributed by atoms with Crippen molar-refractivity contribution in [1.29, 1.82) is 0 Å². The van der Waals surface area contributed by atoms with Crippen molar-refractivity contribution in [3.63, 3.8) is 0 Å². The van der Waals surface area contributed by atoms with Crippen molar-refractivity contribution < 1.29 is 8.78 Å². The van der Waals surface area contributed by atoms with Crippen molar-refractivity contribution in [2.24, 2.45) is 5.73 Å². The van der Waals surface area contributed by atoms with E-state index in [1.807, 2.05) is 0 Å². The molecule has 2 aromatic rings. The molecule has 5 heteroatoms. The van der Waals surface area contributed by atoms with Crippen LogP contribution in [0.2, 0.25) is 5.02 Å². The molecule has 0 amide bonds. The smallest absolute Gasteiger partial charge is 0.134 e. The van der Waals surface area contributed by atoms with Crippen LogP contribution in [0.5, 0.6) is 0 Å². The molecule has 0 heterocycles. The summed E-state index contributed by atoms with van der Waals surface area (Å²) in [4.78, 5) is 0. The topological polar surface area (TPSA) is 26.0 Å². The van der Waals surface area contributed by atoms with Crippen LogP contribution in [0, 0.1) is 18.6 Å². The van der Waals surface area contributed by atoms with E-state index in [0.29, 0.717) is 20.6 Å². The van der Waals surface area contributed by atoms with Gasteiger partial charge in [0.05, 0.1) is 11.1 Å². The van der Waals surface area contributed by atoms with Gasteiger partial charge in [0.1, 0.15) is 11.6 Å². The Morgan fingerprint density at radius 2 is 1.89 bits per heavy atom. The van der Waals surface area contributed by atoms with Crippen molar-refractivity contribution >= 4 is 27.5 Å². The van der Waals surface area contributed by atoms with Crippen LogP contribution in [-0.4, -0.2) is 0 Å². The molecule has 1 unspecified atom stereocenters. The predicted molar refractivity (Wildman–Crippen MR) is 76.3 cm³/mol. The zero-order chi connectivity index (χ0) is 14.2. The molecule has 0 aliphatic rings. The van der Waals surface area contributed by atoms with Crippen LogP contribution in [0.4, 0.5) is 8.78 Å². The number of hydrogen-bond donors (Lipinski definition) is 1. The number of nitrogens with two attached hydrogens (primary N) is 1. The van der Waals surface area contributed by atoms with Gasteiger partial charge in [0.25, 0.3) is 0 Å². The molecule has 0 aromatic heterocycles. The lowest BCUT2D eigenvalue weighted by molar-refractivity contribution is 0.538. The molecule has 0 aliphatic carbocycles. The van der Waals surface area contributed by atoms with Gasteiger partial charge < -0.3 is 5.73 Å². The predicted octanol–water partition coefficient (Wildman–Crippen LogP) is 4.74. The van der Waals surface area contributed by atoms with Gasteiger partial charge in [-0.15, -0.1) is 0 Å². The third-order valence-corrected chi connectivity index (χ3v) is 4.17. The van der Waals surface area contributed by atoms with E-state index in [1.165, 1.54) is 12.1 Å². The minimum Gasteiger partial charge on any atom is -0.320 e. The third-order valence-electron chi connectivity index (χ3n) is 2.93. The van der Waals surface area contributed by atoms with Crippen molar-refractivity contribution in [1.82, 2.24) is 0 Å². The van der Waals surface area contributed by atoms with Gasteiger partial charge in [-0.3, -0.25) is 0 Å². The molecule has 2 aromatic carbocycles. The Morgan fingerprint density at radius 3 is 2.53 bits per heavy atom. The summed E-state index contributed by atoms with van der Waals surface area (Å²) in [5, 5.41) is 0.446. The maximum atomic E-state index is 14.0. The van der Waals surface area contributed by atoms with E-state index >= 15 is 0 Å². The largest absolute Gasteiger partial charge is 0.320 e. The fourth-order valence-electron chi connectivity index (χ4n) is 1.84. The van der Waals surface area contributed by atoms with Crippen LogP contribution in [-0.2, 0) is 0 Å². The average molecular weight is 347 g/mol. The Kier molecular flexibility index (Phi) is 4.23. The van der Waals surface area contributed by atoms with Gasteiger partial charge in [0.2, 0.25) is 0 Å². The number of halogens is 4. The van der Waals surface area contributed by atoms with Crippen LogP contribution in [0.3, 0.4) is 0 Å². The van der Waals surface area contributed by atoms with E-state index in [9.17, 15) is 8.78 Å². The summed E-state index contributed by atoms with van der Waals surface area (Å²) in [5.41, 5.74) is 6.72. The highest BCUT2D eigenvalue weighted by molar-refractivity contribution is 9.10. The van der Waals surface area contributed by atoms with E-state index in [-0.39, 0.29) is 5.56 Å². The minimum atomic E-state index is -0.898. The molecule has 0 aliphatic heterocycles. The molecule has 1 atom stereocenters. The molecular formula is C14H11BrClF2N. The standard InChI is InChI=1S/C14H11BrClF2N/c1-7-2-5-11(17)12(13(7)18)14(19)8-3-4-9(15)10(16)6-8/h2-6,14H,19H2,1H3. The van der Waals surface area contributed by atoms with Crippen LogP contribution in [0.25, 0.3) is 0 Å². The maximum absolute atomic E-state index is 14.0. The molecule has 2 N–H and O–H groups in total. The van der Waals surface area contributed by atoms with Gasteiger partial charge in [-0.05, 0) is 52.2 Å². The summed E-state index contributed by atoms with van der Waals surface area (Å²) in [6, 6.07) is 6.68. The lowest BCUT2D eigenvalue weighted by Crippen LogP contribution is -2.16. The quantitative estimate of drug-likeness (QED) is 0.835. The zero-order valence-electron chi connectivity index (χ0n) is 10.1. The lowest BCUT2D eigenvalue weighted by atomic mass is 9.97. The fourth-order valence-corrected chi connectivity index (χ4v) is 2.27. The minimum absolute atomic E-state index is 0.140. The summed E-state index contributed by atoms with van der Waals surface area (Å²) < 4.78 is 28.5. The summed E-state index contributed by atoms with van der Waals surface area (Å²) in [6.07, 6.45) is 0. The number of benzene rings is 2. The first kappa shape index (κ1) is 14.4. The second-order valence-corrected chi connectivity index (χ2v) is 5.50. The highest BCUT2D eigenvalue weighted by atomic mass is 79.9. The van der Waals surface area contributed by atoms with Crippen LogP contribution in [0.15, 0.2) is 34.8 Å². The molecule has 19 heavy (non-hydrogen) atoms. The Hall–Kier alpha value is -0.970. The summed E-state index contributed by atoms with van der Waals surface area (Å²) in [5.74, 6) is -1.28. The monoisotopic (exact) mass is 345 g/mol. The molecule has 0 saturated heterocycles. The third kappa shape index (κ3) is 2.81. The number of rotatable bonds is 2. The van der Waals surface area contributed by atoms with E-state index in [1.54, 1.807) is 25.1 Å². The van der Waals surface area contributed by atoms with Gasteiger partial charge in [-0.2, -0.15) is 0 Å². The summed E-state index contributed by atoms with van der Waals surface area (Å²) in [6.45, 7) is 1.57. The lowest BCUT2D eigenvalue weighted by Gasteiger charge is -2.16. The highest BCUT2D eigenvalue weighted by Crippen LogP contribution is 2.30. The summed E-state index contributed by atoms with van der Waals surface area (Å²) in [7, 11) is 0. The maximum Gasteiger partial charge on any atom is 0.134 e. The van der Waals surface area contributed by atoms with Crippen molar-refractivity contribution in [2.45, 2.75) is 13.0 Å². The molecular weight excluding hydrogens is 336 g/mol. The Labute approximate surface area is 123 Å². The molecule has 0 fully saturated rings. The molecule has 0 spiro atoms.